The van der Waals surface area contributed by atoms with Crippen LogP contribution in [-0.2, 0) is 4.79 Å². The minimum Gasteiger partial charge on any atom is -0.467 e. The summed E-state index contributed by atoms with van der Waals surface area (Å²) in [7, 11) is 1.43. The number of amides is 1. The van der Waals surface area contributed by atoms with E-state index in [4.69, 9.17) is 16.3 Å². The first-order valence-corrected chi connectivity index (χ1v) is 5.54. The van der Waals surface area contributed by atoms with E-state index < -0.39 is 0 Å². The minimum absolute atomic E-state index is 0.0157. The van der Waals surface area contributed by atoms with Crippen LogP contribution in [0.15, 0.2) is 0 Å². The Morgan fingerprint density at radius 2 is 2.24 bits per heavy atom. The molecule has 1 heterocycles. The van der Waals surface area contributed by atoms with E-state index in [0.29, 0.717) is 6.04 Å². The van der Waals surface area contributed by atoms with Crippen molar-refractivity contribution in [3.8, 4) is 6.01 Å². The van der Waals surface area contributed by atoms with Crippen LogP contribution in [0.3, 0.4) is 0 Å². The molecule has 1 amide bonds. The van der Waals surface area contributed by atoms with E-state index in [2.05, 4.69) is 25.6 Å². The molecule has 2 N–H and O–H groups in total. The third kappa shape index (κ3) is 3.70. The monoisotopic (exact) mass is 257 g/mol. The van der Waals surface area contributed by atoms with Gasteiger partial charge in [0.05, 0.1) is 13.7 Å². The van der Waals surface area contributed by atoms with Gasteiger partial charge in [-0.15, -0.1) is 0 Å². The lowest BCUT2D eigenvalue weighted by atomic mass is 10.5. The number of hydrogen-bond donors (Lipinski definition) is 2. The van der Waals surface area contributed by atoms with Crippen molar-refractivity contribution in [2.24, 2.45) is 0 Å². The minimum atomic E-state index is -0.0944. The normalized spacial score (nSPS) is 14.2. The summed E-state index contributed by atoms with van der Waals surface area (Å²) >= 11 is 5.66. The molecule has 1 saturated carbocycles. The molecule has 0 bridgehead atoms. The first kappa shape index (κ1) is 11.8. The third-order valence-electron chi connectivity index (χ3n) is 2.12. The van der Waals surface area contributed by atoms with Crippen molar-refractivity contribution in [2.75, 3.05) is 19.0 Å². The van der Waals surface area contributed by atoms with Gasteiger partial charge >= 0.3 is 6.01 Å². The molecule has 1 aliphatic rings. The summed E-state index contributed by atoms with van der Waals surface area (Å²) in [5, 5.41) is 5.60. The third-order valence-corrected chi connectivity index (χ3v) is 2.29. The molecule has 7 nitrogen and oxygen atoms in total. The molecule has 0 aromatic carbocycles. The van der Waals surface area contributed by atoms with Gasteiger partial charge in [0.1, 0.15) is 0 Å². The maximum atomic E-state index is 11.4. The topological polar surface area (TPSA) is 89.0 Å². The van der Waals surface area contributed by atoms with Crippen molar-refractivity contribution in [1.29, 1.82) is 0 Å². The van der Waals surface area contributed by atoms with E-state index in [0.717, 1.165) is 12.8 Å². The second-order valence-electron chi connectivity index (χ2n) is 3.61. The molecule has 0 aliphatic heterocycles. The van der Waals surface area contributed by atoms with Gasteiger partial charge in [0, 0.05) is 6.04 Å². The first-order chi connectivity index (χ1) is 8.17. The van der Waals surface area contributed by atoms with Gasteiger partial charge in [0.15, 0.2) is 0 Å². The van der Waals surface area contributed by atoms with E-state index in [9.17, 15) is 4.79 Å². The molecule has 0 saturated heterocycles. The van der Waals surface area contributed by atoms with Gasteiger partial charge in [-0.25, -0.2) is 0 Å². The quantitative estimate of drug-likeness (QED) is 0.785. The SMILES string of the molecule is COc1nc(Cl)nc(NCC(=O)NC2CC2)n1. The molecule has 17 heavy (non-hydrogen) atoms. The summed E-state index contributed by atoms with van der Waals surface area (Å²) in [5.41, 5.74) is 0. The maximum absolute atomic E-state index is 11.4. The van der Waals surface area contributed by atoms with Crippen LogP contribution in [0.5, 0.6) is 6.01 Å². The molecule has 1 fully saturated rings. The van der Waals surface area contributed by atoms with Crippen molar-refractivity contribution >= 4 is 23.5 Å². The standard InChI is InChI=1S/C9H12ClN5O2/c1-17-9-14-7(10)13-8(15-9)11-4-6(16)12-5-2-3-5/h5H,2-4H2,1H3,(H,12,16)(H,11,13,14,15). The number of anilines is 1. The molecule has 8 heteroatoms. The second kappa shape index (κ2) is 5.13. The predicted molar refractivity (Wildman–Crippen MR) is 61.0 cm³/mol. The molecule has 0 unspecified atom stereocenters. The average Bonchev–Trinajstić information content (AvgIpc) is 3.09. The number of methoxy groups -OCH3 is 1. The predicted octanol–water partition coefficient (Wildman–Crippen LogP) is 0.224. The lowest BCUT2D eigenvalue weighted by molar-refractivity contribution is -0.119. The summed E-state index contributed by atoms with van der Waals surface area (Å²) in [6.07, 6.45) is 2.11. The van der Waals surface area contributed by atoms with Crippen molar-refractivity contribution < 1.29 is 9.53 Å². The van der Waals surface area contributed by atoms with Crippen LogP contribution >= 0.6 is 11.6 Å². The van der Waals surface area contributed by atoms with E-state index in [-0.39, 0.29) is 29.7 Å². The fraction of sp³-hybridized carbons (Fsp3) is 0.556. The largest absolute Gasteiger partial charge is 0.467 e. The van der Waals surface area contributed by atoms with Gasteiger partial charge in [-0.05, 0) is 24.4 Å². The Morgan fingerprint density at radius 1 is 1.47 bits per heavy atom. The maximum Gasteiger partial charge on any atom is 0.322 e. The van der Waals surface area contributed by atoms with Gasteiger partial charge < -0.3 is 15.4 Å². The number of aromatic nitrogens is 3. The molecule has 1 aromatic rings. The number of nitrogens with zero attached hydrogens (tertiary/aromatic N) is 3. The van der Waals surface area contributed by atoms with Crippen LogP contribution in [0.2, 0.25) is 5.28 Å². The van der Waals surface area contributed by atoms with E-state index >= 15 is 0 Å². The van der Waals surface area contributed by atoms with Gasteiger partial charge in [-0.1, -0.05) is 0 Å². The molecule has 1 aromatic heterocycles. The summed E-state index contributed by atoms with van der Waals surface area (Å²) in [6.45, 7) is 0.0972. The first-order valence-electron chi connectivity index (χ1n) is 5.16. The zero-order valence-corrected chi connectivity index (χ0v) is 9.99. The Labute approximate surface area is 103 Å². The average molecular weight is 258 g/mol. The van der Waals surface area contributed by atoms with E-state index in [1.54, 1.807) is 0 Å². The highest BCUT2D eigenvalue weighted by molar-refractivity contribution is 6.28. The van der Waals surface area contributed by atoms with Gasteiger partial charge in [-0.2, -0.15) is 15.0 Å². The molecule has 0 spiro atoms. The summed E-state index contributed by atoms with van der Waals surface area (Å²) in [6, 6.07) is 0.441. The summed E-state index contributed by atoms with van der Waals surface area (Å²) in [5.74, 6) is 0.121. The van der Waals surface area contributed by atoms with Crippen LogP contribution < -0.4 is 15.4 Å². The van der Waals surface area contributed by atoms with Crippen LogP contribution in [0, 0.1) is 0 Å². The molecule has 2 rings (SSSR count). The lowest BCUT2D eigenvalue weighted by Gasteiger charge is -2.06. The fourth-order valence-corrected chi connectivity index (χ4v) is 1.32. The van der Waals surface area contributed by atoms with Crippen molar-refractivity contribution in [1.82, 2.24) is 20.3 Å². The highest BCUT2D eigenvalue weighted by Crippen LogP contribution is 2.18. The van der Waals surface area contributed by atoms with Crippen molar-refractivity contribution in [3.05, 3.63) is 5.28 Å². The Balaban J connectivity index is 1.88. The Bertz CT molecular complexity index is 424. The Morgan fingerprint density at radius 3 is 2.88 bits per heavy atom. The molecule has 1 aliphatic carbocycles. The molecular formula is C9H12ClN5O2. The molecule has 92 valence electrons. The Hall–Kier alpha value is -1.63. The number of rotatable bonds is 5. The van der Waals surface area contributed by atoms with E-state index in [1.165, 1.54) is 7.11 Å². The van der Waals surface area contributed by atoms with Gasteiger partial charge in [0.25, 0.3) is 0 Å². The smallest absolute Gasteiger partial charge is 0.322 e. The fourth-order valence-electron chi connectivity index (χ4n) is 1.17. The lowest BCUT2D eigenvalue weighted by Crippen LogP contribution is -2.31. The van der Waals surface area contributed by atoms with E-state index in [1.807, 2.05) is 0 Å². The zero-order valence-electron chi connectivity index (χ0n) is 9.23. The van der Waals surface area contributed by atoms with Crippen LogP contribution in [0.1, 0.15) is 12.8 Å². The number of nitrogens with one attached hydrogen (secondary N) is 2. The number of carbonyl (C=O) groups excluding carboxylic acids is 1. The van der Waals surface area contributed by atoms with Crippen LogP contribution in [-0.4, -0.2) is 40.6 Å². The molecular weight excluding hydrogens is 246 g/mol. The molecule has 0 atom stereocenters. The summed E-state index contributed by atoms with van der Waals surface area (Å²) < 4.78 is 4.83. The number of hydrogen-bond acceptors (Lipinski definition) is 6. The van der Waals surface area contributed by atoms with Crippen molar-refractivity contribution in [3.63, 3.8) is 0 Å². The summed E-state index contributed by atoms with van der Waals surface area (Å²) in [4.78, 5) is 22.8. The Kier molecular flexibility index (Phi) is 3.58. The van der Waals surface area contributed by atoms with Gasteiger partial charge in [-0.3, -0.25) is 4.79 Å². The van der Waals surface area contributed by atoms with Crippen LogP contribution in [0.25, 0.3) is 0 Å². The van der Waals surface area contributed by atoms with Gasteiger partial charge in [0.2, 0.25) is 17.1 Å². The van der Waals surface area contributed by atoms with Crippen LogP contribution in [0.4, 0.5) is 5.95 Å². The number of carbonyl (C=O) groups is 1. The highest BCUT2D eigenvalue weighted by atomic mass is 35.5. The number of halogens is 1. The second-order valence-corrected chi connectivity index (χ2v) is 3.95. The van der Waals surface area contributed by atoms with Crippen molar-refractivity contribution in [2.45, 2.75) is 18.9 Å². The highest BCUT2D eigenvalue weighted by Gasteiger charge is 2.22. The number of ether oxygens (including phenoxy) is 1. The zero-order chi connectivity index (χ0) is 12.3. The molecule has 0 radical (unpaired) electrons.